The Morgan fingerprint density at radius 2 is 1.82 bits per heavy atom. The molecule has 2 heterocycles. The molecular weight excluding hydrogens is 376 g/mol. The molecule has 0 unspecified atom stereocenters. The molecule has 1 saturated heterocycles. The summed E-state index contributed by atoms with van der Waals surface area (Å²) < 4.78 is 13.7. The third kappa shape index (κ3) is 4.28. The number of piperidine rings is 1. The molecule has 0 bridgehead atoms. The molecule has 0 saturated carbocycles. The van der Waals surface area contributed by atoms with E-state index in [0.717, 1.165) is 35.6 Å². The standard InChI is InChI=1S/C20H20N4O3S/c25-19(15-6-7-17-18(12-15)23-28-22-17)21-13-14-8-10-24(11-9-14)20(26)27-16-4-2-1-3-5-16/h1-7,12,14H,8-11,13H2,(H,21,25). The lowest BCUT2D eigenvalue weighted by Gasteiger charge is -2.31. The Morgan fingerprint density at radius 1 is 1.07 bits per heavy atom. The Hall–Kier alpha value is -3.00. The van der Waals surface area contributed by atoms with Gasteiger partial charge in [0.1, 0.15) is 16.8 Å². The van der Waals surface area contributed by atoms with Gasteiger partial charge in [0.05, 0.1) is 11.7 Å². The minimum Gasteiger partial charge on any atom is -0.410 e. The maximum atomic E-state index is 12.4. The molecule has 28 heavy (non-hydrogen) atoms. The maximum absolute atomic E-state index is 12.4. The summed E-state index contributed by atoms with van der Waals surface area (Å²) in [5.41, 5.74) is 2.13. The molecule has 7 nitrogen and oxygen atoms in total. The topological polar surface area (TPSA) is 84.4 Å². The lowest BCUT2D eigenvalue weighted by Crippen LogP contribution is -2.42. The molecule has 1 aliphatic rings. The number of nitrogens with one attached hydrogen (secondary N) is 1. The van der Waals surface area contributed by atoms with Crippen molar-refractivity contribution in [3.05, 3.63) is 54.1 Å². The van der Waals surface area contributed by atoms with Crippen molar-refractivity contribution >= 4 is 34.8 Å². The maximum Gasteiger partial charge on any atom is 0.415 e. The highest BCUT2D eigenvalue weighted by molar-refractivity contribution is 7.00. The molecule has 1 aromatic heterocycles. The first kappa shape index (κ1) is 18.4. The number of amides is 2. The van der Waals surface area contributed by atoms with Crippen LogP contribution >= 0.6 is 11.7 Å². The number of para-hydroxylation sites is 1. The predicted molar refractivity (Wildman–Crippen MR) is 107 cm³/mol. The first-order valence-corrected chi connectivity index (χ1v) is 9.94. The third-order valence-electron chi connectivity index (χ3n) is 4.89. The number of carbonyl (C=O) groups excluding carboxylic acids is 2. The summed E-state index contributed by atoms with van der Waals surface area (Å²) in [6.07, 6.45) is 1.34. The van der Waals surface area contributed by atoms with Gasteiger partial charge in [-0.15, -0.1) is 0 Å². The molecule has 4 rings (SSSR count). The lowest BCUT2D eigenvalue weighted by molar-refractivity contribution is 0.0931. The number of fused-ring (bicyclic) bond motifs is 1. The lowest BCUT2D eigenvalue weighted by atomic mass is 9.97. The molecule has 0 atom stereocenters. The Morgan fingerprint density at radius 3 is 2.61 bits per heavy atom. The van der Waals surface area contributed by atoms with Gasteiger partial charge in [-0.25, -0.2) is 4.79 Å². The first-order chi connectivity index (χ1) is 13.7. The van der Waals surface area contributed by atoms with Gasteiger partial charge in [0, 0.05) is 25.2 Å². The molecule has 1 fully saturated rings. The van der Waals surface area contributed by atoms with Crippen LogP contribution in [0.25, 0.3) is 11.0 Å². The van der Waals surface area contributed by atoms with Crippen LogP contribution in [0, 0.1) is 5.92 Å². The Bertz CT molecular complexity index is 968. The first-order valence-electron chi connectivity index (χ1n) is 9.21. The number of aromatic nitrogens is 2. The van der Waals surface area contributed by atoms with Crippen molar-refractivity contribution in [2.24, 2.45) is 5.92 Å². The largest absolute Gasteiger partial charge is 0.415 e. The molecule has 0 radical (unpaired) electrons. The van der Waals surface area contributed by atoms with Crippen LogP contribution in [0.4, 0.5) is 4.79 Å². The Kier molecular flexibility index (Phi) is 5.48. The van der Waals surface area contributed by atoms with Crippen LogP contribution in [0.1, 0.15) is 23.2 Å². The second-order valence-electron chi connectivity index (χ2n) is 6.79. The van der Waals surface area contributed by atoms with Crippen LogP contribution in [0.15, 0.2) is 48.5 Å². The van der Waals surface area contributed by atoms with Crippen molar-refractivity contribution in [2.45, 2.75) is 12.8 Å². The molecular formula is C20H20N4O3S. The molecule has 2 amide bonds. The van der Waals surface area contributed by atoms with Crippen LogP contribution in [0.5, 0.6) is 5.75 Å². The van der Waals surface area contributed by atoms with E-state index in [4.69, 9.17) is 4.74 Å². The molecule has 2 aromatic carbocycles. The summed E-state index contributed by atoms with van der Waals surface area (Å²) in [4.78, 5) is 26.3. The van der Waals surface area contributed by atoms with Crippen molar-refractivity contribution < 1.29 is 14.3 Å². The van der Waals surface area contributed by atoms with Crippen molar-refractivity contribution in [3.8, 4) is 5.75 Å². The number of benzene rings is 2. The summed E-state index contributed by atoms with van der Waals surface area (Å²) in [6, 6.07) is 14.4. The zero-order chi connectivity index (χ0) is 19.3. The van der Waals surface area contributed by atoms with Crippen molar-refractivity contribution in [2.75, 3.05) is 19.6 Å². The highest BCUT2D eigenvalue weighted by atomic mass is 32.1. The highest BCUT2D eigenvalue weighted by Crippen LogP contribution is 2.19. The molecule has 8 heteroatoms. The summed E-state index contributed by atoms with van der Waals surface area (Å²) in [5.74, 6) is 0.782. The second kappa shape index (κ2) is 8.35. The number of likely N-dealkylation sites (tertiary alicyclic amines) is 1. The van der Waals surface area contributed by atoms with Crippen LogP contribution in [-0.4, -0.2) is 45.3 Å². The average molecular weight is 396 g/mol. The third-order valence-corrected chi connectivity index (χ3v) is 5.45. The molecule has 1 N–H and O–H groups in total. The minimum atomic E-state index is -0.320. The molecule has 144 valence electrons. The molecule has 0 aliphatic carbocycles. The Balaban J connectivity index is 1.24. The van der Waals surface area contributed by atoms with Gasteiger partial charge in [-0.05, 0) is 49.1 Å². The second-order valence-corrected chi connectivity index (χ2v) is 7.32. The van der Waals surface area contributed by atoms with Gasteiger partial charge in [-0.1, -0.05) is 18.2 Å². The molecule has 1 aliphatic heterocycles. The SMILES string of the molecule is O=C(NCC1CCN(C(=O)Oc2ccccc2)CC1)c1ccc2nsnc2c1. The van der Waals surface area contributed by atoms with Gasteiger partial charge in [-0.3, -0.25) is 4.79 Å². The number of rotatable bonds is 4. The van der Waals surface area contributed by atoms with E-state index in [1.165, 1.54) is 0 Å². The van der Waals surface area contributed by atoms with Gasteiger partial charge in [0.25, 0.3) is 5.91 Å². The van der Waals surface area contributed by atoms with Crippen molar-refractivity contribution in [1.29, 1.82) is 0 Å². The van der Waals surface area contributed by atoms with Gasteiger partial charge >= 0.3 is 6.09 Å². The van der Waals surface area contributed by atoms with Gasteiger partial charge in [0.15, 0.2) is 0 Å². The fourth-order valence-corrected chi connectivity index (χ4v) is 3.75. The monoisotopic (exact) mass is 396 g/mol. The van der Waals surface area contributed by atoms with Crippen LogP contribution in [-0.2, 0) is 0 Å². The van der Waals surface area contributed by atoms with E-state index in [9.17, 15) is 9.59 Å². The Labute approximate surface area is 166 Å². The van der Waals surface area contributed by atoms with E-state index in [1.807, 2.05) is 24.3 Å². The smallest absolute Gasteiger partial charge is 0.410 e. The summed E-state index contributed by atoms with van der Waals surface area (Å²) >= 11 is 1.14. The van der Waals surface area contributed by atoms with E-state index < -0.39 is 0 Å². The summed E-state index contributed by atoms with van der Waals surface area (Å²) in [5, 5.41) is 2.99. The van der Waals surface area contributed by atoms with E-state index >= 15 is 0 Å². The predicted octanol–water partition coefficient (Wildman–Crippen LogP) is 3.33. The number of nitrogens with zero attached hydrogens (tertiary/aromatic N) is 3. The van der Waals surface area contributed by atoms with Crippen molar-refractivity contribution in [3.63, 3.8) is 0 Å². The van der Waals surface area contributed by atoms with Gasteiger partial charge in [-0.2, -0.15) is 8.75 Å². The normalized spacial score (nSPS) is 14.8. The van der Waals surface area contributed by atoms with E-state index in [0.29, 0.717) is 36.9 Å². The highest BCUT2D eigenvalue weighted by Gasteiger charge is 2.24. The molecule has 3 aromatic rings. The number of hydrogen-bond acceptors (Lipinski definition) is 6. The number of ether oxygens (including phenoxy) is 1. The van der Waals surface area contributed by atoms with Crippen molar-refractivity contribution in [1.82, 2.24) is 19.0 Å². The summed E-state index contributed by atoms with van der Waals surface area (Å²) in [6.45, 7) is 1.85. The zero-order valence-corrected chi connectivity index (χ0v) is 16.0. The summed E-state index contributed by atoms with van der Waals surface area (Å²) in [7, 11) is 0. The van der Waals surface area contributed by atoms with E-state index in [2.05, 4.69) is 14.1 Å². The van der Waals surface area contributed by atoms with E-state index in [1.54, 1.807) is 29.2 Å². The van der Waals surface area contributed by atoms with Crippen LogP contribution < -0.4 is 10.1 Å². The number of carbonyl (C=O) groups is 2. The van der Waals surface area contributed by atoms with Gasteiger partial charge in [0.2, 0.25) is 0 Å². The number of hydrogen-bond donors (Lipinski definition) is 1. The van der Waals surface area contributed by atoms with Crippen LogP contribution in [0.3, 0.4) is 0 Å². The fourth-order valence-electron chi connectivity index (χ4n) is 3.24. The fraction of sp³-hybridized carbons (Fsp3) is 0.300. The minimum absolute atomic E-state index is 0.110. The molecule has 0 spiro atoms. The quantitative estimate of drug-likeness (QED) is 0.731. The van der Waals surface area contributed by atoms with Crippen LogP contribution in [0.2, 0.25) is 0 Å². The van der Waals surface area contributed by atoms with Gasteiger partial charge < -0.3 is 15.0 Å². The average Bonchev–Trinajstić information content (AvgIpc) is 3.21. The zero-order valence-electron chi connectivity index (χ0n) is 15.2. The van der Waals surface area contributed by atoms with E-state index in [-0.39, 0.29) is 12.0 Å².